The van der Waals surface area contributed by atoms with Crippen LogP contribution >= 0.6 is 46.4 Å². The summed E-state index contributed by atoms with van der Waals surface area (Å²) in [4.78, 5) is 24.3. The molecule has 2 rings (SSSR count). The Hall–Kier alpha value is -1.000. The number of ketones is 2. The number of nitrogens with zero attached hydrogens (tertiary/aromatic N) is 1. The van der Waals surface area contributed by atoms with Crippen molar-refractivity contribution >= 4 is 58.0 Å². The van der Waals surface area contributed by atoms with Crippen molar-refractivity contribution < 1.29 is 9.59 Å². The highest BCUT2D eigenvalue weighted by Gasteiger charge is 2.34. The van der Waals surface area contributed by atoms with Crippen LogP contribution in [0.5, 0.6) is 0 Å². The molecular formula is C14H9Cl4NO2. The maximum absolute atomic E-state index is 12.4. The van der Waals surface area contributed by atoms with Gasteiger partial charge in [-0.25, -0.2) is 0 Å². The zero-order valence-electron chi connectivity index (χ0n) is 10.7. The molecule has 1 aromatic heterocycles. The summed E-state index contributed by atoms with van der Waals surface area (Å²) in [6.07, 6.45) is 1.51. The molecule has 0 saturated heterocycles. The molecule has 7 heteroatoms. The second-order valence-corrected chi connectivity index (χ2v) is 7.11. The van der Waals surface area contributed by atoms with Crippen LogP contribution in [-0.4, -0.2) is 19.9 Å². The van der Waals surface area contributed by atoms with Gasteiger partial charge in [-0.1, -0.05) is 58.5 Å². The van der Waals surface area contributed by atoms with E-state index in [2.05, 4.69) is 0 Å². The first-order valence-corrected chi connectivity index (χ1v) is 7.29. The van der Waals surface area contributed by atoms with E-state index in [1.807, 2.05) is 0 Å². The molecule has 0 amide bonds. The summed E-state index contributed by atoms with van der Waals surface area (Å²) >= 11 is 22.6. The summed E-state index contributed by atoms with van der Waals surface area (Å²) in [5, 5.41) is 0.453. The molecule has 0 N–H and O–H groups in total. The van der Waals surface area contributed by atoms with Gasteiger partial charge in [-0.15, -0.1) is 0 Å². The molecule has 1 heterocycles. The lowest BCUT2D eigenvalue weighted by Crippen LogP contribution is -2.21. The summed E-state index contributed by atoms with van der Waals surface area (Å²) in [6.45, 7) is 0. The van der Waals surface area contributed by atoms with Crippen molar-refractivity contribution in [2.24, 2.45) is 7.05 Å². The molecule has 110 valence electrons. The number of hydrogen-bond donors (Lipinski definition) is 0. The average molecular weight is 365 g/mol. The lowest BCUT2D eigenvalue weighted by Gasteiger charge is -2.09. The van der Waals surface area contributed by atoms with E-state index in [1.54, 1.807) is 31.3 Å². The van der Waals surface area contributed by atoms with Crippen LogP contribution < -0.4 is 0 Å². The van der Waals surface area contributed by atoms with E-state index < -0.39 is 9.58 Å². The number of alkyl halides is 3. The van der Waals surface area contributed by atoms with E-state index in [1.165, 1.54) is 16.8 Å². The topological polar surface area (TPSA) is 39.1 Å². The van der Waals surface area contributed by atoms with Gasteiger partial charge >= 0.3 is 0 Å². The summed E-state index contributed by atoms with van der Waals surface area (Å²) in [7, 11) is 1.60. The Balaban J connectivity index is 2.39. The standard InChI is InChI=1S/C14H9Cl4NO2/c1-19-7-9(6-11(19)13(21)14(16,17)18)12(20)8-3-2-4-10(15)5-8/h2-7H,1H3. The highest BCUT2D eigenvalue weighted by molar-refractivity contribution is 6.77. The van der Waals surface area contributed by atoms with Crippen molar-refractivity contribution in [2.75, 3.05) is 0 Å². The second-order valence-electron chi connectivity index (χ2n) is 4.39. The number of carbonyl (C=O) groups excluding carboxylic acids is 2. The van der Waals surface area contributed by atoms with Gasteiger partial charge in [0.1, 0.15) is 0 Å². The Bertz CT molecular complexity index is 716. The highest BCUT2D eigenvalue weighted by Crippen LogP contribution is 2.31. The number of carbonyl (C=O) groups is 2. The van der Waals surface area contributed by atoms with Crippen LogP contribution in [0.25, 0.3) is 0 Å². The minimum Gasteiger partial charge on any atom is -0.347 e. The molecule has 21 heavy (non-hydrogen) atoms. The molecule has 2 aromatic rings. The summed E-state index contributed by atoms with van der Waals surface area (Å²) in [6, 6.07) is 7.92. The molecule has 3 nitrogen and oxygen atoms in total. The molecular weight excluding hydrogens is 356 g/mol. The molecule has 0 fully saturated rings. The van der Waals surface area contributed by atoms with Gasteiger partial charge in [0, 0.05) is 29.4 Å². The van der Waals surface area contributed by atoms with Crippen LogP contribution in [0.4, 0.5) is 0 Å². The van der Waals surface area contributed by atoms with Crippen molar-refractivity contribution in [3.63, 3.8) is 0 Å². The fraction of sp³-hybridized carbons (Fsp3) is 0.143. The average Bonchev–Trinajstić information content (AvgIpc) is 2.78. The molecule has 0 spiro atoms. The molecule has 1 aromatic carbocycles. The highest BCUT2D eigenvalue weighted by atomic mass is 35.6. The first-order chi connectivity index (χ1) is 9.70. The largest absolute Gasteiger partial charge is 0.347 e. The van der Waals surface area contributed by atoms with E-state index in [0.717, 1.165) is 0 Å². The van der Waals surface area contributed by atoms with Gasteiger partial charge in [0.05, 0.1) is 5.69 Å². The van der Waals surface area contributed by atoms with Gasteiger partial charge in [0.15, 0.2) is 5.78 Å². The van der Waals surface area contributed by atoms with Gasteiger partial charge in [0.2, 0.25) is 5.78 Å². The van der Waals surface area contributed by atoms with E-state index in [4.69, 9.17) is 46.4 Å². The van der Waals surface area contributed by atoms with Gasteiger partial charge in [0.25, 0.3) is 3.79 Å². The number of Topliss-reactive ketones (excluding diaryl/α,β-unsaturated/α-hetero) is 1. The Morgan fingerprint density at radius 1 is 1.10 bits per heavy atom. The summed E-state index contributed by atoms with van der Waals surface area (Å²) in [5.41, 5.74) is 0.874. The van der Waals surface area contributed by atoms with Gasteiger partial charge in [-0.05, 0) is 18.2 Å². The predicted molar refractivity (Wildman–Crippen MR) is 84.9 cm³/mol. The second kappa shape index (κ2) is 6.01. The number of rotatable bonds is 3. The van der Waals surface area contributed by atoms with Crippen LogP contribution in [0, 0.1) is 0 Å². The Kier molecular flexibility index (Phi) is 4.69. The molecule has 0 unspecified atom stereocenters. The van der Waals surface area contributed by atoms with Crippen LogP contribution in [0.1, 0.15) is 26.4 Å². The molecule has 0 radical (unpaired) electrons. The van der Waals surface area contributed by atoms with Crippen LogP contribution in [-0.2, 0) is 7.05 Å². The van der Waals surface area contributed by atoms with E-state index >= 15 is 0 Å². The summed E-state index contributed by atoms with van der Waals surface area (Å²) < 4.78 is -0.621. The number of hydrogen-bond acceptors (Lipinski definition) is 2. The molecule has 0 aliphatic rings. The maximum atomic E-state index is 12.4. The SMILES string of the molecule is Cn1cc(C(=O)c2cccc(Cl)c2)cc1C(=O)C(Cl)(Cl)Cl. The van der Waals surface area contributed by atoms with Crippen LogP contribution in [0.15, 0.2) is 36.5 Å². The first-order valence-electron chi connectivity index (χ1n) is 5.78. The minimum atomic E-state index is -2.07. The Morgan fingerprint density at radius 3 is 2.33 bits per heavy atom. The zero-order chi connectivity index (χ0) is 15.8. The van der Waals surface area contributed by atoms with Crippen molar-refractivity contribution in [1.29, 1.82) is 0 Å². The third-order valence-electron chi connectivity index (χ3n) is 2.84. The molecule has 0 atom stereocenters. The van der Waals surface area contributed by atoms with Crippen molar-refractivity contribution in [1.82, 2.24) is 4.57 Å². The normalized spacial score (nSPS) is 11.5. The van der Waals surface area contributed by atoms with Crippen molar-refractivity contribution in [3.05, 3.63) is 58.4 Å². The predicted octanol–water partition coefficient (Wildman–Crippen LogP) is 4.46. The van der Waals surface area contributed by atoms with E-state index in [0.29, 0.717) is 16.1 Å². The third kappa shape index (κ3) is 3.61. The quantitative estimate of drug-likeness (QED) is 0.595. The van der Waals surface area contributed by atoms with Crippen molar-refractivity contribution in [2.45, 2.75) is 3.79 Å². The fourth-order valence-corrected chi connectivity index (χ4v) is 2.34. The first kappa shape index (κ1) is 16.4. The number of benzene rings is 1. The summed E-state index contributed by atoms with van der Waals surface area (Å²) in [5.74, 6) is -0.961. The van der Waals surface area contributed by atoms with E-state index in [-0.39, 0.29) is 11.5 Å². The molecule has 0 aliphatic carbocycles. The van der Waals surface area contributed by atoms with Crippen molar-refractivity contribution in [3.8, 4) is 0 Å². The maximum Gasteiger partial charge on any atom is 0.255 e. The monoisotopic (exact) mass is 363 g/mol. The van der Waals surface area contributed by atoms with Gasteiger partial charge < -0.3 is 4.57 Å². The molecule has 0 bridgehead atoms. The lowest BCUT2D eigenvalue weighted by molar-refractivity contribution is 0.0988. The lowest BCUT2D eigenvalue weighted by atomic mass is 10.1. The minimum absolute atomic E-state index is 0.139. The third-order valence-corrected chi connectivity index (χ3v) is 3.59. The Labute approximate surface area is 141 Å². The number of halogens is 4. The fourth-order valence-electron chi connectivity index (χ4n) is 1.86. The number of aromatic nitrogens is 1. The van der Waals surface area contributed by atoms with E-state index in [9.17, 15) is 9.59 Å². The smallest absolute Gasteiger partial charge is 0.255 e. The van der Waals surface area contributed by atoms with Gasteiger partial charge in [-0.2, -0.15) is 0 Å². The molecule has 0 saturated carbocycles. The Morgan fingerprint density at radius 2 is 1.76 bits per heavy atom. The zero-order valence-corrected chi connectivity index (χ0v) is 13.8. The van der Waals surface area contributed by atoms with Gasteiger partial charge in [-0.3, -0.25) is 9.59 Å². The molecule has 0 aliphatic heterocycles. The number of aryl methyl sites for hydroxylation is 1. The van der Waals surface area contributed by atoms with Crippen LogP contribution in [0.3, 0.4) is 0 Å². The van der Waals surface area contributed by atoms with Crippen LogP contribution in [0.2, 0.25) is 5.02 Å².